The first kappa shape index (κ1) is 13.1. The molecule has 7 heteroatoms. The molecule has 7 nitrogen and oxygen atoms in total. The first-order chi connectivity index (χ1) is 10.7. The average Bonchev–Trinajstić information content (AvgIpc) is 3.18. The van der Waals surface area contributed by atoms with Crippen molar-refractivity contribution in [1.29, 1.82) is 0 Å². The van der Waals surface area contributed by atoms with E-state index in [9.17, 15) is 4.79 Å². The molecule has 3 N–H and O–H groups in total. The standard InChI is InChI=1S/C15H15N5O2/c16-15(7-3-4-8-15)14-17-13(22-20-14)11-9-5-1-2-6-10(9)12(21)19-18-11/h1-2,5-6H,3-4,7-8,16H2,(H,19,21). The number of nitrogens with zero attached hydrogens (tertiary/aromatic N) is 3. The molecule has 2 heterocycles. The van der Waals surface area contributed by atoms with Crippen LogP contribution in [-0.2, 0) is 5.54 Å². The molecule has 0 atom stereocenters. The molecule has 22 heavy (non-hydrogen) atoms. The van der Waals surface area contributed by atoms with Crippen LogP contribution in [0.5, 0.6) is 0 Å². The van der Waals surface area contributed by atoms with Crippen molar-refractivity contribution in [1.82, 2.24) is 20.3 Å². The van der Waals surface area contributed by atoms with Crippen molar-refractivity contribution >= 4 is 10.8 Å². The number of hydrogen-bond donors (Lipinski definition) is 2. The molecule has 4 rings (SSSR count). The lowest BCUT2D eigenvalue weighted by Gasteiger charge is -2.17. The van der Waals surface area contributed by atoms with Gasteiger partial charge in [0.15, 0.2) is 11.5 Å². The van der Waals surface area contributed by atoms with Crippen molar-refractivity contribution in [2.75, 3.05) is 0 Å². The molecule has 0 aliphatic heterocycles. The Bertz CT molecular complexity index is 892. The third kappa shape index (κ3) is 1.93. The molecule has 3 aromatic rings. The van der Waals surface area contributed by atoms with Gasteiger partial charge >= 0.3 is 0 Å². The van der Waals surface area contributed by atoms with Gasteiger partial charge in [-0.15, -0.1) is 0 Å². The molecule has 0 bridgehead atoms. The fraction of sp³-hybridized carbons (Fsp3) is 0.333. The summed E-state index contributed by atoms with van der Waals surface area (Å²) in [5.41, 5.74) is 6.05. The zero-order valence-electron chi connectivity index (χ0n) is 11.9. The Hall–Kier alpha value is -2.54. The number of H-pyrrole nitrogens is 1. The van der Waals surface area contributed by atoms with Crippen LogP contribution in [0.15, 0.2) is 33.6 Å². The third-order valence-electron chi connectivity index (χ3n) is 4.27. The maximum atomic E-state index is 11.8. The van der Waals surface area contributed by atoms with E-state index in [-0.39, 0.29) is 11.4 Å². The number of fused-ring (bicyclic) bond motifs is 1. The van der Waals surface area contributed by atoms with Gasteiger partial charge in [-0.05, 0) is 18.9 Å². The van der Waals surface area contributed by atoms with Crippen molar-refractivity contribution in [3.63, 3.8) is 0 Å². The van der Waals surface area contributed by atoms with Crippen LogP contribution in [0.3, 0.4) is 0 Å². The van der Waals surface area contributed by atoms with Crippen molar-refractivity contribution in [2.24, 2.45) is 5.73 Å². The smallest absolute Gasteiger partial charge is 0.279 e. The Morgan fingerprint density at radius 1 is 1.18 bits per heavy atom. The third-order valence-corrected chi connectivity index (χ3v) is 4.27. The molecule has 2 aromatic heterocycles. The zero-order chi connectivity index (χ0) is 15.2. The van der Waals surface area contributed by atoms with Gasteiger partial charge in [-0.3, -0.25) is 4.79 Å². The maximum Gasteiger partial charge on any atom is 0.279 e. The maximum absolute atomic E-state index is 11.8. The molecule has 112 valence electrons. The lowest BCUT2D eigenvalue weighted by molar-refractivity contribution is 0.372. The number of aromatic nitrogens is 4. The summed E-state index contributed by atoms with van der Waals surface area (Å²) in [5, 5.41) is 11.8. The largest absolute Gasteiger partial charge is 0.332 e. The van der Waals surface area contributed by atoms with E-state index in [0.29, 0.717) is 22.3 Å². The molecule has 1 aromatic carbocycles. The summed E-state index contributed by atoms with van der Waals surface area (Å²) in [5.74, 6) is 0.788. The fourth-order valence-corrected chi connectivity index (χ4v) is 3.03. The molecule has 1 saturated carbocycles. The van der Waals surface area contributed by atoms with Gasteiger partial charge < -0.3 is 10.3 Å². The molecule has 0 spiro atoms. The number of nitrogens with two attached hydrogens (primary N) is 1. The zero-order valence-corrected chi connectivity index (χ0v) is 11.9. The summed E-state index contributed by atoms with van der Waals surface area (Å²) in [6, 6.07) is 7.18. The average molecular weight is 297 g/mol. The molecule has 0 amide bonds. The Morgan fingerprint density at radius 3 is 2.68 bits per heavy atom. The van der Waals surface area contributed by atoms with E-state index in [2.05, 4.69) is 20.3 Å². The van der Waals surface area contributed by atoms with Crippen molar-refractivity contribution in [3.05, 3.63) is 40.4 Å². The summed E-state index contributed by atoms with van der Waals surface area (Å²) in [6.07, 6.45) is 3.85. The fourth-order valence-electron chi connectivity index (χ4n) is 3.03. The summed E-state index contributed by atoms with van der Waals surface area (Å²) >= 11 is 0. The van der Waals surface area contributed by atoms with Gasteiger partial charge in [-0.2, -0.15) is 10.1 Å². The van der Waals surface area contributed by atoms with E-state index < -0.39 is 5.54 Å². The van der Waals surface area contributed by atoms with E-state index in [1.165, 1.54) is 0 Å². The molecular weight excluding hydrogens is 282 g/mol. The molecule has 1 aliphatic carbocycles. The van der Waals surface area contributed by atoms with E-state index in [1.807, 2.05) is 12.1 Å². The molecule has 1 fully saturated rings. The molecule has 0 saturated heterocycles. The highest BCUT2D eigenvalue weighted by Gasteiger charge is 2.36. The van der Waals surface area contributed by atoms with Gasteiger partial charge in [-0.25, -0.2) is 5.10 Å². The first-order valence-electron chi connectivity index (χ1n) is 7.28. The molecular formula is C15H15N5O2. The first-order valence-corrected chi connectivity index (χ1v) is 7.28. The van der Waals surface area contributed by atoms with E-state index in [4.69, 9.17) is 10.3 Å². The van der Waals surface area contributed by atoms with Gasteiger partial charge in [-0.1, -0.05) is 36.2 Å². The number of rotatable bonds is 2. The predicted octanol–water partition coefficient (Wildman–Crippen LogP) is 1.70. The summed E-state index contributed by atoms with van der Waals surface area (Å²) in [4.78, 5) is 16.2. The summed E-state index contributed by atoms with van der Waals surface area (Å²) in [7, 11) is 0. The second-order valence-corrected chi connectivity index (χ2v) is 5.73. The van der Waals surface area contributed by atoms with Crippen LogP contribution in [0.4, 0.5) is 0 Å². The van der Waals surface area contributed by atoms with Crippen LogP contribution < -0.4 is 11.3 Å². The highest BCUT2D eigenvalue weighted by molar-refractivity contribution is 5.91. The summed E-state index contributed by atoms with van der Waals surface area (Å²) < 4.78 is 5.35. The lowest BCUT2D eigenvalue weighted by atomic mass is 9.99. The highest BCUT2D eigenvalue weighted by atomic mass is 16.5. The van der Waals surface area contributed by atoms with Crippen molar-refractivity contribution in [2.45, 2.75) is 31.2 Å². The minimum atomic E-state index is -0.514. The Balaban J connectivity index is 1.85. The molecule has 0 unspecified atom stereocenters. The van der Waals surface area contributed by atoms with Crippen LogP contribution in [0, 0.1) is 0 Å². The summed E-state index contributed by atoms with van der Waals surface area (Å²) in [6.45, 7) is 0. The predicted molar refractivity (Wildman–Crippen MR) is 80.0 cm³/mol. The monoisotopic (exact) mass is 297 g/mol. The topological polar surface area (TPSA) is 111 Å². The van der Waals surface area contributed by atoms with Crippen LogP contribution in [-0.4, -0.2) is 20.3 Å². The molecule has 0 radical (unpaired) electrons. The second-order valence-electron chi connectivity index (χ2n) is 5.73. The van der Waals surface area contributed by atoms with Crippen LogP contribution >= 0.6 is 0 Å². The Labute approximate surface area is 125 Å². The number of nitrogens with one attached hydrogen (secondary N) is 1. The van der Waals surface area contributed by atoms with Crippen molar-refractivity contribution < 1.29 is 4.52 Å². The van der Waals surface area contributed by atoms with Crippen LogP contribution in [0.2, 0.25) is 0 Å². The van der Waals surface area contributed by atoms with E-state index in [1.54, 1.807) is 12.1 Å². The van der Waals surface area contributed by atoms with Crippen molar-refractivity contribution in [3.8, 4) is 11.6 Å². The molecule has 1 aliphatic rings. The minimum absolute atomic E-state index is 0.245. The Kier molecular flexibility index (Phi) is 2.83. The van der Waals surface area contributed by atoms with Gasteiger partial charge in [0.2, 0.25) is 0 Å². The van der Waals surface area contributed by atoms with E-state index >= 15 is 0 Å². The minimum Gasteiger partial charge on any atom is -0.332 e. The Morgan fingerprint density at radius 2 is 1.91 bits per heavy atom. The van der Waals surface area contributed by atoms with Gasteiger partial charge in [0.1, 0.15) is 0 Å². The number of aromatic amines is 1. The van der Waals surface area contributed by atoms with Gasteiger partial charge in [0.25, 0.3) is 11.4 Å². The number of hydrogen-bond acceptors (Lipinski definition) is 6. The van der Waals surface area contributed by atoms with Crippen LogP contribution in [0.25, 0.3) is 22.4 Å². The quantitative estimate of drug-likeness (QED) is 0.744. The van der Waals surface area contributed by atoms with E-state index in [0.717, 1.165) is 25.7 Å². The normalized spacial score (nSPS) is 17.1. The number of benzene rings is 1. The van der Waals surface area contributed by atoms with Crippen LogP contribution in [0.1, 0.15) is 31.5 Å². The second kappa shape index (κ2) is 4.74. The lowest BCUT2D eigenvalue weighted by Crippen LogP contribution is -2.34. The SMILES string of the molecule is NC1(c2noc(-c3n[nH]c(=O)c4ccccc34)n2)CCCC1. The highest BCUT2D eigenvalue weighted by Crippen LogP contribution is 2.35. The van der Waals surface area contributed by atoms with Gasteiger partial charge in [0, 0.05) is 5.39 Å². The van der Waals surface area contributed by atoms with Gasteiger partial charge in [0.05, 0.1) is 10.9 Å².